The summed E-state index contributed by atoms with van der Waals surface area (Å²) in [7, 11) is 0. The van der Waals surface area contributed by atoms with Crippen LogP contribution in [0.25, 0.3) is 0 Å². The highest BCUT2D eigenvalue weighted by atomic mass is 16.5. The Morgan fingerprint density at radius 1 is 1.57 bits per heavy atom. The third kappa shape index (κ3) is 3.56. The smallest absolute Gasteiger partial charge is 0.0874 e. The molecule has 0 aromatic carbocycles. The Morgan fingerprint density at radius 3 is 2.79 bits per heavy atom. The fourth-order valence-electron chi connectivity index (χ4n) is 1.47. The summed E-state index contributed by atoms with van der Waals surface area (Å²) >= 11 is 0. The zero-order valence-electron chi connectivity index (χ0n) is 9.55. The van der Waals surface area contributed by atoms with Crippen molar-refractivity contribution >= 4 is 0 Å². The van der Waals surface area contributed by atoms with Gasteiger partial charge in [-0.1, -0.05) is 13.8 Å². The van der Waals surface area contributed by atoms with E-state index in [0.29, 0.717) is 12.6 Å². The van der Waals surface area contributed by atoms with E-state index in [2.05, 4.69) is 5.32 Å². The maximum absolute atomic E-state index is 9.92. The average molecular weight is 201 g/mol. The topological polar surface area (TPSA) is 41.5 Å². The van der Waals surface area contributed by atoms with Gasteiger partial charge < -0.3 is 15.2 Å². The Kier molecular flexibility index (Phi) is 4.35. The summed E-state index contributed by atoms with van der Waals surface area (Å²) in [6.45, 7) is 8.12. The van der Waals surface area contributed by atoms with Crippen LogP contribution in [0.15, 0.2) is 0 Å². The molecule has 3 nitrogen and oxygen atoms in total. The highest BCUT2D eigenvalue weighted by Crippen LogP contribution is 2.16. The van der Waals surface area contributed by atoms with Crippen LogP contribution in [-0.4, -0.2) is 36.5 Å². The van der Waals surface area contributed by atoms with E-state index in [1.165, 1.54) is 12.8 Å². The average Bonchev–Trinajstić information content (AvgIpc) is 2.56. The first-order valence-corrected chi connectivity index (χ1v) is 5.56. The van der Waals surface area contributed by atoms with Crippen molar-refractivity contribution < 1.29 is 9.84 Å². The van der Waals surface area contributed by atoms with Gasteiger partial charge in [-0.3, -0.25) is 0 Å². The van der Waals surface area contributed by atoms with Gasteiger partial charge in [0.15, 0.2) is 0 Å². The first-order chi connectivity index (χ1) is 6.52. The monoisotopic (exact) mass is 201 g/mol. The number of rotatable bonds is 5. The second kappa shape index (κ2) is 5.10. The molecule has 3 heteroatoms. The van der Waals surface area contributed by atoms with Crippen molar-refractivity contribution in [3.63, 3.8) is 0 Å². The first kappa shape index (κ1) is 12.0. The number of ether oxygens (including phenoxy) is 1. The molecule has 2 unspecified atom stereocenters. The van der Waals surface area contributed by atoms with E-state index < -0.39 is 5.60 Å². The summed E-state index contributed by atoms with van der Waals surface area (Å²) < 4.78 is 5.53. The molecule has 84 valence electrons. The lowest BCUT2D eigenvalue weighted by Gasteiger charge is -2.27. The Balaban J connectivity index is 2.13. The standard InChI is InChI=1S/C11H23NO2/c1-9(2)11(3,13)8-14-7-10-5-4-6-12-10/h9-10,12-13H,4-8H2,1-3H3. The summed E-state index contributed by atoms with van der Waals surface area (Å²) in [5.74, 6) is 0.235. The van der Waals surface area contributed by atoms with Crippen LogP contribution in [0.4, 0.5) is 0 Å². The lowest BCUT2D eigenvalue weighted by molar-refractivity contribution is -0.0659. The molecular weight excluding hydrogens is 178 g/mol. The molecule has 0 amide bonds. The minimum Gasteiger partial charge on any atom is -0.388 e. The van der Waals surface area contributed by atoms with Crippen LogP contribution in [0.1, 0.15) is 33.6 Å². The molecule has 1 aliphatic rings. The second-order valence-electron chi connectivity index (χ2n) is 4.82. The molecule has 1 fully saturated rings. The highest BCUT2D eigenvalue weighted by molar-refractivity contribution is 4.77. The minimum absolute atomic E-state index is 0.235. The van der Waals surface area contributed by atoms with Crippen molar-refractivity contribution in [3.05, 3.63) is 0 Å². The fourth-order valence-corrected chi connectivity index (χ4v) is 1.47. The van der Waals surface area contributed by atoms with Crippen molar-refractivity contribution in [2.45, 2.75) is 45.3 Å². The number of aliphatic hydroxyl groups is 1. The molecule has 0 bridgehead atoms. The summed E-state index contributed by atoms with van der Waals surface area (Å²) in [6, 6.07) is 0.498. The second-order valence-corrected chi connectivity index (χ2v) is 4.82. The fraction of sp³-hybridized carbons (Fsp3) is 1.00. The van der Waals surface area contributed by atoms with E-state index in [-0.39, 0.29) is 5.92 Å². The molecule has 0 aromatic rings. The quantitative estimate of drug-likeness (QED) is 0.701. The van der Waals surface area contributed by atoms with Gasteiger partial charge in [0.2, 0.25) is 0 Å². The first-order valence-electron chi connectivity index (χ1n) is 5.56. The van der Waals surface area contributed by atoms with Crippen LogP contribution < -0.4 is 5.32 Å². The highest BCUT2D eigenvalue weighted by Gasteiger charge is 2.25. The largest absolute Gasteiger partial charge is 0.388 e. The van der Waals surface area contributed by atoms with Crippen molar-refractivity contribution in [2.24, 2.45) is 5.92 Å². The summed E-state index contributed by atoms with van der Waals surface area (Å²) in [4.78, 5) is 0. The maximum atomic E-state index is 9.92. The normalized spacial score (nSPS) is 26.8. The predicted molar refractivity (Wildman–Crippen MR) is 57.3 cm³/mol. The molecule has 0 aliphatic carbocycles. The molecule has 2 atom stereocenters. The third-order valence-corrected chi connectivity index (χ3v) is 3.12. The Bertz CT molecular complexity index is 163. The molecule has 1 saturated heterocycles. The van der Waals surface area contributed by atoms with Gasteiger partial charge in [-0.25, -0.2) is 0 Å². The van der Waals surface area contributed by atoms with Crippen molar-refractivity contribution in [2.75, 3.05) is 19.8 Å². The van der Waals surface area contributed by atoms with Crippen molar-refractivity contribution in [1.82, 2.24) is 5.32 Å². The summed E-state index contributed by atoms with van der Waals surface area (Å²) in [5, 5.41) is 13.3. The molecule has 0 saturated carbocycles. The SMILES string of the molecule is CC(C)C(C)(O)COCC1CCCN1. The van der Waals surface area contributed by atoms with Gasteiger partial charge >= 0.3 is 0 Å². The van der Waals surface area contributed by atoms with E-state index in [1.807, 2.05) is 20.8 Å². The molecule has 1 heterocycles. The number of hydrogen-bond acceptors (Lipinski definition) is 3. The van der Waals surface area contributed by atoms with Crippen LogP contribution in [0, 0.1) is 5.92 Å². The Morgan fingerprint density at radius 2 is 2.29 bits per heavy atom. The molecule has 14 heavy (non-hydrogen) atoms. The lowest BCUT2D eigenvalue weighted by atomic mass is 9.94. The molecule has 0 aromatic heterocycles. The van der Waals surface area contributed by atoms with Gasteiger partial charge in [0, 0.05) is 6.04 Å². The number of hydrogen-bond donors (Lipinski definition) is 2. The van der Waals surface area contributed by atoms with Crippen LogP contribution in [0.5, 0.6) is 0 Å². The maximum Gasteiger partial charge on any atom is 0.0874 e. The third-order valence-electron chi connectivity index (χ3n) is 3.12. The Labute approximate surface area is 86.8 Å². The molecule has 1 aliphatic heterocycles. The molecule has 1 rings (SSSR count). The van der Waals surface area contributed by atoms with Crippen LogP contribution in [0.3, 0.4) is 0 Å². The van der Waals surface area contributed by atoms with E-state index in [0.717, 1.165) is 13.2 Å². The van der Waals surface area contributed by atoms with Gasteiger partial charge in [0.25, 0.3) is 0 Å². The van der Waals surface area contributed by atoms with Gasteiger partial charge in [0.05, 0.1) is 18.8 Å². The lowest BCUT2D eigenvalue weighted by Crippen LogP contribution is -2.38. The van der Waals surface area contributed by atoms with Gasteiger partial charge in [-0.05, 0) is 32.2 Å². The van der Waals surface area contributed by atoms with Gasteiger partial charge in [-0.15, -0.1) is 0 Å². The summed E-state index contributed by atoms with van der Waals surface area (Å²) in [6.07, 6.45) is 2.44. The van der Waals surface area contributed by atoms with Gasteiger partial charge in [0.1, 0.15) is 0 Å². The van der Waals surface area contributed by atoms with E-state index in [9.17, 15) is 5.11 Å². The van der Waals surface area contributed by atoms with Crippen LogP contribution in [-0.2, 0) is 4.74 Å². The molecular formula is C11H23NO2. The minimum atomic E-state index is -0.696. The molecule has 2 N–H and O–H groups in total. The van der Waals surface area contributed by atoms with Crippen LogP contribution in [0.2, 0.25) is 0 Å². The van der Waals surface area contributed by atoms with Crippen molar-refractivity contribution in [3.8, 4) is 0 Å². The number of nitrogens with one attached hydrogen (secondary N) is 1. The molecule has 0 spiro atoms. The zero-order valence-corrected chi connectivity index (χ0v) is 9.55. The summed E-state index contributed by atoms with van der Waals surface area (Å²) in [5.41, 5.74) is -0.696. The Hall–Kier alpha value is -0.120. The predicted octanol–water partition coefficient (Wildman–Crippen LogP) is 1.16. The molecule has 0 radical (unpaired) electrons. The van der Waals surface area contributed by atoms with E-state index in [4.69, 9.17) is 4.74 Å². The van der Waals surface area contributed by atoms with Gasteiger partial charge in [-0.2, -0.15) is 0 Å². The van der Waals surface area contributed by atoms with Crippen LogP contribution >= 0.6 is 0 Å². The zero-order chi connectivity index (χ0) is 10.6. The van der Waals surface area contributed by atoms with Crippen molar-refractivity contribution in [1.29, 1.82) is 0 Å². The van der Waals surface area contributed by atoms with E-state index in [1.54, 1.807) is 0 Å². The van der Waals surface area contributed by atoms with E-state index >= 15 is 0 Å².